The van der Waals surface area contributed by atoms with Crippen molar-refractivity contribution in [3.8, 4) is 11.5 Å². The Bertz CT molecular complexity index is 938. The van der Waals surface area contributed by atoms with Crippen molar-refractivity contribution in [2.24, 2.45) is 0 Å². The molecule has 1 aromatic carbocycles. The number of Topliss-reactive ketones (excluding diaryl/α,β-unsaturated/α-hetero) is 1. The average molecular weight is 456 g/mol. The predicted octanol–water partition coefficient (Wildman–Crippen LogP) is 3.38. The summed E-state index contributed by atoms with van der Waals surface area (Å²) in [6.45, 7) is 8.09. The second-order valence-corrected chi connectivity index (χ2v) is 8.34. The minimum Gasteiger partial charge on any atom is -0.493 e. The topological polar surface area (TPSA) is 90.0 Å². The van der Waals surface area contributed by atoms with E-state index in [1.165, 1.54) is 14.0 Å². The van der Waals surface area contributed by atoms with Crippen LogP contribution in [0, 0.1) is 0 Å². The molecule has 2 atom stereocenters. The van der Waals surface area contributed by atoms with Gasteiger partial charge in [-0.25, -0.2) is 4.98 Å². The number of aromatic nitrogens is 1. The number of benzene rings is 1. The van der Waals surface area contributed by atoms with Crippen LogP contribution in [-0.2, 0) is 16.1 Å². The second kappa shape index (κ2) is 11.7. The number of hydrogen-bond acceptors (Lipinski definition) is 7. The molecule has 1 aliphatic rings. The molecule has 178 valence electrons. The van der Waals surface area contributed by atoms with E-state index in [-0.39, 0.29) is 23.9 Å². The molecule has 0 spiro atoms. The lowest BCUT2D eigenvalue weighted by atomic mass is 10.1. The molecular weight excluding hydrogens is 422 g/mol. The molecule has 2 heterocycles. The molecule has 0 radical (unpaired) electrons. The fraction of sp³-hybridized carbons (Fsp3) is 0.480. The highest BCUT2D eigenvalue weighted by atomic mass is 16.5. The van der Waals surface area contributed by atoms with E-state index in [9.17, 15) is 9.59 Å². The van der Waals surface area contributed by atoms with Crippen LogP contribution in [0.4, 0.5) is 5.82 Å². The minimum absolute atomic E-state index is 0.0355. The molecule has 2 aromatic rings. The molecular formula is C25H33N3O5. The highest BCUT2D eigenvalue weighted by Crippen LogP contribution is 2.28. The van der Waals surface area contributed by atoms with E-state index < -0.39 is 0 Å². The van der Waals surface area contributed by atoms with Crippen LogP contribution in [0.25, 0.3) is 0 Å². The van der Waals surface area contributed by atoms with E-state index in [0.29, 0.717) is 43.1 Å². The van der Waals surface area contributed by atoms with Gasteiger partial charge < -0.3 is 24.4 Å². The van der Waals surface area contributed by atoms with E-state index in [4.69, 9.17) is 14.2 Å². The molecule has 33 heavy (non-hydrogen) atoms. The third-order valence-electron chi connectivity index (χ3n) is 5.42. The van der Waals surface area contributed by atoms with Gasteiger partial charge in [0.05, 0.1) is 25.9 Å². The van der Waals surface area contributed by atoms with Crippen molar-refractivity contribution in [3.05, 3.63) is 47.7 Å². The first-order valence-corrected chi connectivity index (χ1v) is 11.3. The van der Waals surface area contributed by atoms with Crippen molar-refractivity contribution >= 4 is 17.5 Å². The molecule has 2 unspecified atom stereocenters. The Morgan fingerprint density at radius 1 is 1.15 bits per heavy atom. The molecule has 1 saturated heterocycles. The van der Waals surface area contributed by atoms with Gasteiger partial charge in [0.1, 0.15) is 5.82 Å². The van der Waals surface area contributed by atoms with Crippen LogP contribution in [0.15, 0.2) is 36.5 Å². The molecule has 1 aliphatic heterocycles. The maximum Gasteiger partial charge on any atom is 0.220 e. The number of rotatable bonds is 10. The molecule has 8 heteroatoms. The minimum atomic E-state index is -0.0441. The van der Waals surface area contributed by atoms with E-state index in [1.54, 1.807) is 24.4 Å². The lowest BCUT2D eigenvalue weighted by Gasteiger charge is -2.36. The Balaban J connectivity index is 1.39. The molecule has 0 aliphatic carbocycles. The number of carbonyl (C=O) groups excluding carboxylic acids is 2. The molecule has 1 aromatic heterocycles. The zero-order valence-electron chi connectivity index (χ0n) is 19.8. The summed E-state index contributed by atoms with van der Waals surface area (Å²) in [4.78, 5) is 30.5. The first-order chi connectivity index (χ1) is 15.9. The fourth-order valence-electron chi connectivity index (χ4n) is 3.78. The molecule has 1 amide bonds. The summed E-state index contributed by atoms with van der Waals surface area (Å²) in [6, 6.07) is 9.05. The van der Waals surface area contributed by atoms with Gasteiger partial charge in [0.15, 0.2) is 17.3 Å². The number of ether oxygens (including phenoxy) is 3. The standard InChI is InChI=1S/C25H33N3O5/c1-17-15-28(16-18(2)33-17)24-10-7-20(13-26-24)14-27-25(30)6-5-11-32-22-9-8-21(19(3)29)12-23(22)31-4/h7-10,12-13,17-18H,5-6,11,14-16H2,1-4H3,(H,27,30). The van der Waals surface area contributed by atoms with Crippen LogP contribution in [0.2, 0.25) is 0 Å². The van der Waals surface area contributed by atoms with Crippen molar-refractivity contribution in [2.75, 3.05) is 31.7 Å². The van der Waals surface area contributed by atoms with Gasteiger partial charge in [-0.3, -0.25) is 9.59 Å². The van der Waals surface area contributed by atoms with Crippen molar-refractivity contribution in [3.63, 3.8) is 0 Å². The van der Waals surface area contributed by atoms with E-state index in [1.807, 2.05) is 12.1 Å². The molecule has 3 rings (SSSR count). The number of anilines is 1. The summed E-state index contributed by atoms with van der Waals surface area (Å²) >= 11 is 0. The summed E-state index contributed by atoms with van der Waals surface area (Å²) in [6.07, 6.45) is 3.08. The lowest BCUT2D eigenvalue weighted by Crippen LogP contribution is -2.45. The van der Waals surface area contributed by atoms with Crippen molar-refractivity contribution in [2.45, 2.75) is 52.4 Å². The SMILES string of the molecule is COc1cc(C(C)=O)ccc1OCCCC(=O)NCc1ccc(N2CC(C)OC(C)C2)nc1. The summed E-state index contributed by atoms with van der Waals surface area (Å²) < 4.78 is 16.8. The Labute approximate surface area is 195 Å². The third-order valence-corrected chi connectivity index (χ3v) is 5.42. The number of nitrogens with one attached hydrogen (secondary N) is 1. The number of methoxy groups -OCH3 is 1. The van der Waals surface area contributed by atoms with Gasteiger partial charge >= 0.3 is 0 Å². The number of morpholine rings is 1. The number of hydrogen-bond donors (Lipinski definition) is 1. The van der Waals surface area contributed by atoms with Gasteiger partial charge in [-0.05, 0) is 57.0 Å². The summed E-state index contributed by atoms with van der Waals surface area (Å²) in [5.74, 6) is 1.90. The zero-order chi connectivity index (χ0) is 23.8. The van der Waals surface area contributed by atoms with Crippen molar-refractivity contribution in [1.82, 2.24) is 10.3 Å². The third kappa shape index (κ3) is 7.18. The van der Waals surface area contributed by atoms with E-state index in [2.05, 4.69) is 29.0 Å². The maximum atomic E-state index is 12.2. The largest absolute Gasteiger partial charge is 0.493 e. The van der Waals surface area contributed by atoms with Crippen molar-refractivity contribution < 1.29 is 23.8 Å². The lowest BCUT2D eigenvalue weighted by molar-refractivity contribution is -0.121. The van der Waals surface area contributed by atoms with Gasteiger partial charge in [0.25, 0.3) is 0 Å². The van der Waals surface area contributed by atoms with Crippen molar-refractivity contribution in [1.29, 1.82) is 0 Å². The Morgan fingerprint density at radius 2 is 1.91 bits per heavy atom. The molecule has 8 nitrogen and oxygen atoms in total. The first-order valence-electron chi connectivity index (χ1n) is 11.3. The Kier molecular flexibility index (Phi) is 8.65. The highest BCUT2D eigenvalue weighted by molar-refractivity contribution is 5.94. The van der Waals surface area contributed by atoms with Crippen LogP contribution in [0.1, 0.15) is 49.5 Å². The summed E-state index contributed by atoms with van der Waals surface area (Å²) in [7, 11) is 1.53. The van der Waals surface area contributed by atoms with Gasteiger partial charge in [0, 0.05) is 37.8 Å². The van der Waals surface area contributed by atoms with E-state index >= 15 is 0 Å². The Hall–Kier alpha value is -3.13. The van der Waals surface area contributed by atoms with Crippen LogP contribution in [-0.4, -0.2) is 55.7 Å². The molecule has 0 saturated carbocycles. The molecule has 1 fully saturated rings. The smallest absolute Gasteiger partial charge is 0.220 e. The highest BCUT2D eigenvalue weighted by Gasteiger charge is 2.23. The number of amides is 1. The molecule has 1 N–H and O–H groups in total. The summed E-state index contributed by atoms with van der Waals surface area (Å²) in [5, 5.41) is 2.92. The van der Waals surface area contributed by atoms with Crippen LogP contribution in [0.3, 0.4) is 0 Å². The quantitative estimate of drug-likeness (QED) is 0.434. The van der Waals surface area contributed by atoms with Gasteiger partial charge in [-0.2, -0.15) is 0 Å². The first kappa shape index (κ1) is 24.5. The number of carbonyl (C=O) groups is 2. The van der Waals surface area contributed by atoms with E-state index in [0.717, 1.165) is 24.5 Å². The maximum absolute atomic E-state index is 12.2. The predicted molar refractivity (Wildman–Crippen MR) is 126 cm³/mol. The second-order valence-electron chi connectivity index (χ2n) is 8.34. The number of pyridine rings is 1. The Morgan fingerprint density at radius 3 is 2.55 bits per heavy atom. The van der Waals surface area contributed by atoms with Gasteiger partial charge in [0.2, 0.25) is 5.91 Å². The van der Waals surface area contributed by atoms with Crippen LogP contribution in [0.5, 0.6) is 11.5 Å². The normalized spacial score (nSPS) is 18.0. The van der Waals surface area contributed by atoms with Crippen LogP contribution < -0.4 is 19.7 Å². The number of nitrogens with zero attached hydrogens (tertiary/aromatic N) is 2. The average Bonchev–Trinajstić information content (AvgIpc) is 2.80. The van der Waals surface area contributed by atoms with Crippen LogP contribution >= 0.6 is 0 Å². The summed E-state index contributed by atoms with van der Waals surface area (Å²) in [5.41, 5.74) is 1.52. The molecule has 0 bridgehead atoms. The zero-order valence-corrected chi connectivity index (χ0v) is 19.8. The van der Waals surface area contributed by atoms with Gasteiger partial charge in [-0.15, -0.1) is 0 Å². The fourth-order valence-corrected chi connectivity index (χ4v) is 3.78. The van der Waals surface area contributed by atoms with Gasteiger partial charge in [-0.1, -0.05) is 6.07 Å². The monoisotopic (exact) mass is 455 g/mol. The number of ketones is 1.